The highest BCUT2D eigenvalue weighted by molar-refractivity contribution is 7.86. The van der Waals surface area contributed by atoms with Crippen molar-refractivity contribution in [2.24, 2.45) is 5.16 Å². The van der Waals surface area contributed by atoms with Crippen LogP contribution in [-0.2, 0) is 14.4 Å². The second-order valence-corrected chi connectivity index (χ2v) is 5.14. The van der Waals surface area contributed by atoms with Crippen molar-refractivity contribution in [2.45, 2.75) is 52.4 Å². The van der Waals surface area contributed by atoms with Gasteiger partial charge >= 0.3 is 10.1 Å². The molecule has 0 aromatic carbocycles. The third kappa shape index (κ3) is 9.72. The monoisotopic (exact) mass is 235 g/mol. The highest BCUT2D eigenvalue weighted by Gasteiger charge is 2.09. The van der Waals surface area contributed by atoms with E-state index in [1.807, 2.05) is 0 Å². The molecule has 0 amide bonds. The Morgan fingerprint density at radius 3 is 2.33 bits per heavy atom. The lowest BCUT2D eigenvalue weighted by molar-refractivity contribution is 0.339. The van der Waals surface area contributed by atoms with Gasteiger partial charge in [0.05, 0.1) is 5.75 Å². The molecule has 0 N–H and O–H groups in total. The number of unbranched alkanes of at least 4 members (excludes halogenated alkanes) is 5. The molecule has 0 spiro atoms. The number of rotatable bonds is 9. The van der Waals surface area contributed by atoms with Crippen molar-refractivity contribution in [2.75, 3.05) is 5.75 Å². The molecule has 0 fully saturated rings. The normalized spacial score (nSPS) is 12.1. The Balaban J connectivity index is 3.49. The molecule has 0 atom stereocenters. The molecule has 0 unspecified atom stereocenters. The van der Waals surface area contributed by atoms with E-state index < -0.39 is 10.1 Å². The van der Waals surface area contributed by atoms with Gasteiger partial charge in [-0.15, -0.1) is 0 Å². The van der Waals surface area contributed by atoms with Crippen LogP contribution in [0.15, 0.2) is 5.16 Å². The zero-order valence-corrected chi connectivity index (χ0v) is 10.4. The van der Waals surface area contributed by atoms with Crippen LogP contribution in [0.4, 0.5) is 0 Å². The molecule has 0 aliphatic carbocycles. The van der Waals surface area contributed by atoms with Gasteiger partial charge in [-0.2, -0.15) is 8.42 Å². The summed E-state index contributed by atoms with van der Waals surface area (Å²) in [5, 5.41) is 3.26. The van der Waals surface area contributed by atoms with Crippen molar-refractivity contribution in [1.29, 1.82) is 0 Å². The molecule has 0 rings (SSSR count). The first-order chi connectivity index (χ1) is 7.12. The molecule has 15 heavy (non-hydrogen) atoms. The maximum absolute atomic E-state index is 11.1. The number of oxime groups is 1. The number of hydrogen-bond acceptors (Lipinski definition) is 4. The summed E-state index contributed by atoms with van der Waals surface area (Å²) >= 11 is 0. The molecule has 0 bridgehead atoms. The first kappa shape index (κ1) is 14.4. The molecule has 0 saturated heterocycles. The molecule has 0 aromatic heterocycles. The van der Waals surface area contributed by atoms with Gasteiger partial charge in [0.25, 0.3) is 0 Å². The van der Waals surface area contributed by atoms with E-state index in [2.05, 4.69) is 16.4 Å². The molecule has 0 aliphatic heterocycles. The van der Waals surface area contributed by atoms with Gasteiger partial charge in [0, 0.05) is 6.21 Å². The van der Waals surface area contributed by atoms with Crippen LogP contribution in [-0.4, -0.2) is 20.4 Å². The largest absolute Gasteiger partial charge is 0.328 e. The molecule has 5 heteroatoms. The minimum atomic E-state index is -3.43. The minimum Gasteiger partial charge on any atom is -0.269 e. The van der Waals surface area contributed by atoms with Crippen LogP contribution in [0, 0.1) is 0 Å². The Labute approximate surface area is 92.8 Å². The molecule has 90 valence electrons. The summed E-state index contributed by atoms with van der Waals surface area (Å²) in [5.41, 5.74) is 0. The zero-order chi connectivity index (χ0) is 11.6. The Hall–Kier alpha value is -0.580. The van der Waals surface area contributed by atoms with E-state index in [0.29, 0.717) is 6.42 Å². The summed E-state index contributed by atoms with van der Waals surface area (Å²) in [6.07, 6.45) is 7.63. The third-order valence-electron chi connectivity index (χ3n) is 2.01. The summed E-state index contributed by atoms with van der Waals surface area (Å²) in [7, 11) is -3.43. The van der Waals surface area contributed by atoms with Gasteiger partial charge in [-0.25, -0.2) is 0 Å². The fourth-order valence-electron chi connectivity index (χ4n) is 1.21. The topological polar surface area (TPSA) is 55.7 Å². The lowest BCUT2D eigenvalue weighted by atomic mass is 10.1. The van der Waals surface area contributed by atoms with Crippen molar-refractivity contribution in [3.05, 3.63) is 0 Å². The van der Waals surface area contributed by atoms with Crippen LogP contribution in [0.25, 0.3) is 0 Å². The maximum Gasteiger partial charge on any atom is 0.328 e. The highest BCUT2D eigenvalue weighted by atomic mass is 32.2. The first-order valence-corrected chi connectivity index (χ1v) is 7.09. The Morgan fingerprint density at radius 1 is 1.13 bits per heavy atom. The van der Waals surface area contributed by atoms with Gasteiger partial charge < -0.3 is 0 Å². The maximum atomic E-state index is 11.1. The SMILES string of the molecule is CC=NOS(=O)(=O)CCCCCCCC. The minimum absolute atomic E-state index is 0.0659. The first-order valence-electron chi connectivity index (χ1n) is 5.51. The number of hydrogen-bond donors (Lipinski definition) is 0. The van der Waals surface area contributed by atoms with Crippen LogP contribution < -0.4 is 0 Å². The molecule has 0 heterocycles. The quantitative estimate of drug-likeness (QED) is 0.351. The van der Waals surface area contributed by atoms with Gasteiger partial charge in [0.2, 0.25) is 0 Å². The van der Waals surface area contributed by atoms with Gasteiger partial charge in [0.15, 0.2) is 0 Å². The van der Waals surface area contributed by atoms with Crippen molar-refractivity contribution in [3.63, 3.8) is 0 Å². The third-order valence-corrected chi connectivity index (χ3v) is 3.11. The van der Waals surface area contributed by atoms with Crippen molar-refractivity contribution >= 4 is 16.3 Å². The van der Waals surface area contributed by atoms with Gasteiger partial charge in [-0.3, -0.25) is 4.28 Å². The fraction of sp³-hybridized carbons (Fsp3) is 0.900. The van der Waals surface area contributed by atoms with E-state index in [-0.39, 0.29) is 5.75 Å². The van der Waals surface area contributed by atoms with Crippen LogP contribution in [0.3, 0.4) is 0 Å². The average Bonchev–Trinajstić information content (AvgIpc) is 2.20. The molecule has 0 saturated carbocycles. The summed E-state index contributed by atoms with van der Waals surface area (Å²) in [6.45, 7) is 3.77. The van der Waals surface area contributed by atoms with Crippen molar-refractivity contribution < 1.29 is 12.7 Å². The van der Waals surface area contributed by atoms with Crippen LogP contribution >= 0.6 is 0 Å². The van der Waals surface area contributed by atoms with E-state index in [1.54, 1.807) is 6.92 Å². The Morgan fingerprint density at radius 2 is 1.73 bits per heavy atom. The smallest absolute Gasteiger partial charge is 0.269 e. The van der Waals surface area contributed by atoms with Crippen LogP contribution in [0.2, 0.25) is 0 Å². The second kappa shape index (κ2) is 8.71. The summed E-state index contributed by atoms with van der Waals surface area (Å²) < 4.78 is 26.6. The lowest BCUT2D eigenvalue weighted by Crippen LogP contribution is -2.07. The standard InChI is InChI=1S/C10H21NO3S/c1-3-5-6-7-8-9-10-15(12,13)14-11-4-2/h4H,3,5-10H2,1-2H3. The van der Waals surface area contributed by atoms with Crippen LogP contribution in [0.5, 0.6) is 0 Å². The lowest BCUT2D eigenvalue weighted by Gasteiger charge is -2.01. The van der Waals surface area contributed by atoms with Gasteiger partial charge in [0.1, 0.15) is 0 Å². The summed E-state index contributed by atoms with van der Waals surface area (Å²) in [4.78, 5) is 0. The molecule has 0 aliphatic rings. The second-order valence-electron chi connectivity index (χ2n) is 3.47. The predicted octanol–water partition coefficient (Wildman–Crippen LogP) is 2.70. The molecular formula is C10H21NO3S. The molecular weight excluding hydrogens is 214 g/mol. The van der Waals surface area contributed by atoms with Crippen molar-refractivity contribution in [3.8, 4) is 0 Å². The van der Waals surface area contributed by atoms with Gasteiger partial charge in [-0.1, -0.05) is 44.2 Å². The highest BCUT2D eigenvalue weighted by Crippen LogP contribution is 2.07. The number of nitrogens with zero attached hydrogens (tertiary/aromatic N) is 1. The van der Waals surface area contributed by atoms with E-state index in [9.17, 15) is 8.42 Å². The fourth-order valence-corrected chi connectivity index (χ4v) is 2.05. The van der Waals surface area contributed by atoms with E-state index >= 15 is 0 Å². The van der Waals surface area contributed by atoms with E-state index in [0.717, 1.165) is 12.8 Å². The molecule has 0 aromatic rings. The Bertz CT molecular complexity index is 260. The average molecular weight is 235 g/mol. The van der Waals surface area contributed by atoms with Crippen molar-refractivity contribution in [1.82, 2.24) is 0 Å². The summed E-state index contributed by atoms with van der Waals surface area (Å²) in [5.74, 6) is 0.0659. The molecule has 0 radical (unpaired) electrons. The van der Waals surface area contributed by atoms with E-state index in [4.69, 9.17) is 0 Å². The summed E-state index contributed by atoms with van der Waals surface area (Å²) in [6, 6.07) is 0. The Kier molecular flexibility index (Phi) is 8.37. The van der Waals surface area contributed by atoms with Gasteiger partial charge in [-0.05, 0) is 13.3 Å². The zero-order valence-electron chi connectivity index (χ0n) is 9.61. The molecule has 4 nitrogen and oxygen atoms in total. The van der Waals surface area contributed by atoms with E-state index in [1.165, 1.54) is 25.5 Å². The van der Waals surface area contributed by atoms with Crippen LogP contribution in [0.1, 0.15) is 52.4 Å². The predicted molar refractivity (Wildman–Crippen MR) is 62.4 cm³/mol.